The molecular formula is C16H24O4PS2-. The van der Waals surface area contributed by atoms with E-state index in [1.54, 1.807) is 32.4 Å². The highest BCUT2D eigenvalue weighted by Crippen LogP contribution is 2.69. The van der Waals surface area contributed by atoms with Crippen molar-refractivity contribution in [1.82, 2.24) is 0 Å². The van der Waals surface area contributed by atoms with E-state index in [1.807, 2.05) is 30.3 Å². The normalized spacial score (nSPS) is 14.3. The van der Waals surface area contributed by atoms with Gasteiger partial charge in [0.05, 0.1) is 13.2 Å². The zero-order valence-electron chi connectivity index (χ0n) is 13.9. The summed E-state index contributed by atoms with van der Waals surface area (Å²) < 4.78 is 22.9. The Morgan fingerprint density at radius 1 is 1.17 bits per heavy atom. The molecule has 1 atom stereocenters. The van der Waals surface area contributed by atoms with Crippen LogP contribution < -0.4 is 5.11 Å². The van der Waals surface area contributed by atoms with E-state index in [9.17, 15) is 9.67 Å². The molecule has 0 aromatic heterocycles. The highest BCUT2D eigenvalue weighted by atomic mass is 32.2. The largest absolute Gasteiger partial charge is 0.847 e. The highest BCUT2D eigenvalue weighted by Gasteiger charge is 2.51. The maximum Gasteiger partial charge on any atom is 0.355 e. The van der Waals surface area contributed by atoms with Gasteiger partial charge in [-0.15, -0.1) is 23.5 Å². The number of thioether (sulfide) groups is 2. The molecule has 0 spiro atoms. The quantitative estimate of drug-likeness (QED) is 0.454. The van der Waals surface area contributed by atoms with Gasteiger partial charge in [-0.2, -0.15) is 0 Å². The van der Waals surface area contributed by atoms with E-state index >= 15 is 0 Å². The lowest BCUT2D eigenvalue weighted by Gasteiger charge is -2.44. The van der Waals surface area contributed by atoms with Gasteiger partial charge in [0.1, 0.15) is 0 Å². The number of hydrogen-bond donors (Lipinski definition) is 0. The van der Waals surface area contributed by atoms with Crippen LogP contribution in [-0.4, -0.2) is 35.6 Å². The van der Waals surface area contributed by atoms with Crippen LogP contribution in [0.3, 0.4) is 0 Å². The van der Waals surface area contributed by atoms with Gasteiger partial charge in [0.2, 0.25) is 0 Å². The molecule has 1 unspecified atom stereocenters. The van der Waals surface area contributed by atoms with Gasteiger partial charge in [-0.1, -0.05) is 48.6 Å². The summed E-state index contributed by atoms with van der Waals surface area (Å²) in [6, 6.07) is 9.54. The molecule has 1 aromatic carbocycles. The first kappa shape index (κ1) is 20.8. The van der Waals surface area contributed by atoms with Crippen LogP contribution in [0.25, 0.3) is 6.08 Å². The molecule has 23 heavy (non-hydrogen) atoms. The molecule has 0 aliphatic carbocycles. The zero-order chi connectivity index (χ0) is 17.3. The predicted octanol–water partition coefficient (Wildman–Crippen LogP) is 4.07. The van der Waals surface area contributed by atoms with Crippen molar-refractivity contribution in [2.45, 2.75) is 23.8 Å². The van der Waals surface area contributed by atoms with Crippen LogP contribution in [0.15, 0.2) is 36.4 Å². The fraction of sp³-hybridized carbons (Fsp3) is 0.500. The molecule has 0 radical (unpaired) electrons. The van der Waals surface area contributed by atoms with E-state index in [4.69, 9.17) is 9.05 Å². The molecule has 0 N–H and O–H groups in total. The monoisotopic (exact) mass is 375 g/mol. The molecule has 4 nitrogen and oxygen atoms in total. The van der Waals surface area contributed by atoms with Gasteiger partial charge >= 0.3 is 7.60 Å². The van der Waals surface area contributed by atoms with Crippen molar-refractivity contribution in [2.75, 3.05) is 25.7 Å². The molecule has 0 amide bonds. The van der Waals surface area contributed by atoms with E-state index < -0.39 is 17.5 Å². The molecule has 1 rings (SSSR count). The van der Waals surface area contributed by atoms with Gasteiger partial charge in [0, 0.05) is 0 Å². The minimum atomic E-state index is -3.58. The first-order valence-corrected chi connectivity index (χ1v) is 11.4. The Balaban J connectivity index is 3.15. The third-order valence-corrected chi connectivity index (χ3v) is 10.5. The number of rotatable bonds is 10. The second-order valence-electron chi connectivity index (χ2n) is 4.56. The van der Waals surface area contributed by atoms with Crippen LogP contribution in [0.2, 0.25) is 0 Å². The van der Waals surface area contributed by atoms with Crippen LogP contribution in [0.1, 0.15) is 19.4 Å². The molecule has 0 fully saturated rings. The molecule has 0 heterocycles. The van der Waals surface area contributed by atoms with E-state index in [1.165, 1.54) is 29.6 Å². The molecule has 7 heteroatoms. The summed E-state index contributed by atoms with van der Waals surface area (Å²) in [5.41, 5.74) is 0.923. The second kappa shape index (κ2) is 9.92. The standard InChI is InChI=1S/C16H24O4PS2/c1-5-19-21(18,20-6-2)16(22-3,23-4)15(17)13-12-14-10-8-7-9-11-14/h7-13,15H,5-6H2,1-4H3/q-1/b13-12+. The summed E-state index contributed by atoms with van der Waals surface area (Å²) in [6.07, 6.45) is 5.58. The maximum atomic E-state index is 13.2. The third-order valence-electron chi connectivity index (χ3n) is 3.19. The summed E-state index contributed by atoms with van der Waals surface area (Å²) in [6.45, 7) is 3.96. The summed E-state index contributed by atoms with van der Waals surface area (Å²) in [7, 11) is -3.58. The van der Waals surface area contributed by atoms with Crippen LogP contribution in [0.5, 0.6) is 0 Å². The Morgan fingerprint density at radius 2 is 1.70 bits per heavy atom. The topological polar surface area (TPSA) is 58.6 Å². The second-order valence-corrected chi connectivity index (χ2v) is 9.75. The summed E-state index contributed by atoms with van der Waals surface area (Å²) in [5.74, 6) is 0. The van der Waals surface area contributed by atoms with Crippen molar-refractivity contribution < 1.29 is 18.7 Å². The average molecular weight is 375 g/mol. The molecule has 0 saturated heterocycles. The van der Waals surface area contributed by atoms with Crippen molar-refractivity contribution in [3.63, 3.8) is 0 Å². The van der Waals surface area contributed by atoms with Crippen molar-refractivity contribution in [2.24, 2.45) is 0 Å². The Morgan fingerprint density at radius 3 is 2.13 bits per heavy atom. The molecule has 1 aromatic rings. The van der Waals surface area contributed by atoms with E-state index in [0.717, 1.165) is 5.56 Å². The highest BCUT2D eigenvalue weighted by molar-refractivity contribution is 8.24. The lowest BCUT2D eigenvalue weighted by Crippen LogP contribution is -2.44. The predicted molar refractivity (Wildman–Crippen MR) is 99.9 cm³/mol. The Kier molecular flexibility index (Phi) is 8.98. The minimum absolute atomic E-state index is 0.231. The van der Waals surface area contributed by atoms with Gasteiger partial charge in [-0.3, -0.25) is 4.57 Å². The Bertz CT molecular complexity index is 522. The minimum Gasteiger partial charge on any atom is -0.847 e. The Labute approximate surface area is 147 Å². The molecule has 0 aliphatic rings. The van der Waals surface area contributed by atoms with Crippen LogP contribution in [-0.2, 0) is 13.6 Å². The lowest BCUT2D eigenvalue weighted by atomic mass is 10.2. The molecule has 0 aliphatic heterocycles. The summed E-state index contributed by atoms with van der Waals surface area (Å²) >= 11 is 2.47. The number of hydrogen-bond acceptors (Lipinski definition) is 6. The first-order valence-electron chi connectivity index (χ1n) is 7.38. The fourth-order valence-electron chi connectivity index (χ4n) is 2.14. The van der Waals surface area contributed by atoms with Gasteiger partial charge in [-0.05, 0) is 31.9 Å². The van der Waals surface area contributed by atoms with E-state index in [0.29, 0.717) is 0 Å². The maximum absolute atomic E-state index is 13.2. The molecule has 130 valence electrons. The summed E-state index contributed by atoms with van der Waals surface area (Å²) in [4.78, 5) is 0. The lowest BCUT2D eigenvalue weighted by molar-refractivity contribution is -0.400. The van der Waals surface area contributed by atoms with Crippen molar-refractivity contribution >= 4 is 37.2 Å². The van der Waals surface area contributed by atoms with Crippen molar-refractivity contribution in [1.29, 1.82) is 0 Å². The van der Waals surface area contributed by atoms with Gasteiger partial charge in [0.15, 0.2) is 3.82 Å². The molecule has 0 saturated carbocycles. The van der Waals surface area contributed by atoms with Crippen LogP contribution in [0, 0.1) is 0 Å². The smallest absolute Gasteiger partial charge is 0.355 e. The van der Waals surface area contributed by atoms with Crippen LogP contribution in [0.4, 0.5) is 0 Å². The first-order chi connectivity index (χ1) is 11.0. The molecule has 0 bridgehead atoms. The SMILES string of the molecule is CCOP(=O)(OCC)C(SC)(SC)C([O-])/C=C/c1ccccc1. The number of benzene rings is 1. The van der Waals surface area contributed by atoms with Crippen LogP contribution >= 0.6 is 31.1 Å². The van der Waals surface area contributed by atoms with Crippen molar-refractivity contribution in [3.05, 3.63) is 42.0 Å². The average Bonchev–Trinajstić information content (AvgIpc) is 2.56. The summed E-state index contributed by atoms with van der Waals surface area (Å²) in [5, 5.41) is 12.9. The molecular weight excluding hydrogens is 351 g/mol. The van der Waals surface area contributed by atoms with Crippen molar-refractivity contribution in [3.8, 4) is 0 Å². The van der Waals surface area contributed by atoms with Gasteiger partial charge in [-0.25, -0.2) is 0 Å². The Hall–Kier alpha value is -0.230. The van der Waals surface area contributed by atoms with Gasteiger partial charge in [0.25, 0.3) is 0 Å². The van der Waals surface area contributed by atoms with E-state index in [2.05, 4.69) is 0 Å². The van der Waals surface area contributed by atoms with E-state index in [-0.39, 0.29) is 13.2 Å². The zero-order valence-corrected chi connectivity index (χ0v) is 16.5. The fourth-order valence-corrected chi connectivity index (χ4v) is 7.36. The van der Waals surface area contributed by atoms with Gasteiger partial charge < -0.3 is 14.2 Å². The third kappa shape index (κ3) is 4.88.